The molecule has 1 aromatic carbocycles. The van der Waals surface area contributed by atoms with Crippen molar-refractivity contribution in [3.05, 3.63) is 29.8 Å². The van der Waals surface area contributed by atoms with Gasteiger partial charge in [0.05, 0.1) is 12.0 Å². The van der Waals surface area contributed by atoms with E-state index in [4.69, 9.17) is 0 Å². The molecule has 0 saturated heterocycles. The Kier molecular flexibility index (Phi) is 6.39. The molecule has 0 aromatic heterocycles. The number of hydrogen-bond acceptors (Lipinski definition) is 4. The van der Waals surface area contributed by atoms with E-state index in [0.717, 1.165) is 6.42 Å². The average Bonchev–Trinajstić information content (AvgIpc) is 2.44. The minimum atomic E-state index is -0.519. The molecule has 0 aliphatic carbocycles. The molecule has 0 fully saturated rings. The Morgan fingerprint density at radius 3 is 2.62 bits per heavy atom. The Labute approximate surface area is 124 Å². The Morgan fingerprint density at radius 1 is 1.33 bits per heavy atom. The van der Waals surface area contributed by atoms with Gasteiger partial charge in [-0.15, -0.1) is 0 Å². The fourth-order valence-electron chi connectivity index (χ4n) is 1.57. The highest BCUT2D eigenvalue weighted by atomic mass is 16.3. The molecule has 0 radical (unpaired) electrons. The number of phenols is 1. The molecule has 0 heterocycles. The van der Waals surface area contributed by atoms with Crippen LogP contribution in [0.5, 0.6) is 5.75 Å². The van der Waals surface area contributed by atoms with Crippen LogP contribution in [0.15, 0.2) is 29.4 Å². The summed E-state index contributed by atoms with van der Waals surface area (Å²) >= 11 is 0. The summed E-state index contributed by atoms with van der Waals surface area (Å²) in [4.78, 5) is 23.4. The van der Waals surface area contributed by atoms with Crippen LogP contribution in [0.25, 0.3) is 0 Å². The van der Waals surface area contributed by atoms with Crippen molar-refractivity contribution >= 4 is 17.5 Å². The molecule has 2 amide bonds. The largest absolute Gasteiger partial charge is 0.507 e. The van der Waals surface area contributed by atoms with Gasteiger partial charge in [-0.05, 0) is 32.4 Å². The van der Waals surface area contributed by atoms with E-state index in [1.165, 1.54) is 12.1 Å². The molecule has 0 spiro atoms. The number of carbonyl (C=O) groups is 2. The van der Waals surface area contributed by atoms with Gasteiger partial charge in [-0.25, -0.2) is 5.43 Å². The first-order chi connectivity index (χ1) is 9.93. The third-order valence-electron chi connectivity index (χ3n) is 2.93. The lowest BCUT2D eigenvalue weighted by Gasteiger charge is -2.11. The van der Waals surface area contributed by atoms with Crippen LogP contribution in [0.4, 0.5) is 0 Å². The van der Waals surface area contributed by atoms with Gasteiger partial charge in [-0.2, -0.15) is 5.10 Å². The first-order valence-corrected chi connectivity index (χ1v) is 6.84. The monoisotopic (exact) mass is 291 g/mol. The van der Waals surface area contributed by atoms with Crippen molar-refractivity contribution in [3.63, 3.8) is 0 Å². The van der Waals surface area contributed by atoms with Gasteiger partial charge in [0.15, 0.2) is 0 Å². The van der Waals surface area contributed by atoms with Crippen LogP contribution >= 0.6 is 0 Å². The molecule has 6 heteroatoms. The van der Waals surface area contributed by atoms with Gasteiger partial charge >= 0.3 is 0 Å². The van der Waals surface area contributed by atoms with Gasteiger partial charge < -0.3 is 10.4 Å². The minimum Gasteiger partial charge on any atom is -0.507 e. The van der Waals surface area contributed by atoms with E-state index >= 15 is 0 Å². The van der Waals surface area contributed by atoms with Crippen LogP contribution < -0.4 is 10.7 Å². The molecule has 21 heavy (non-hydrogen) atoms. The van der Waals surface area contributed by atoms with Crippen molar-refractivity contribution < 1.29 is 14.7 Å². The van der Waals surface area contributed by atoms with Crippen LogP contribution in [0.3, 0.4) is 0 Å². The predicted octanol–water partition coefficient (Wildman–Crippen LogP) is 1.80. The smallest absolute Gasteiger partial charge is 0.275 e. The number of rotatable bonds is 6. The molecule has 0 unspecified atom stereocenters. The number of hydrazone groups is 1. The fraction of sp³-hybridized carbons (Fsp3) is 0.400. The number of carbonyl (C=O) groups excluding carboxylic acids is 2. The lowest BCUT2D eigenvalue weighted by Crippen LogP contribution is -2.33. The SMILES string of the molecule is CC[C@H](C)NC(=O)CC(C)=NNC(=O)c1ccccc1O. The molecule has 1 rings (SSSR count). The molecule has 0 aliphatic heterocycles. The summed E-state index contributed by atoms with van der Waals surface area (Å²) in [6.07, 6.45) is 0.970. The molecule has 6 nitrogen and oxygen atoms in total. The lowest BCUT2D eigenvalue weighted by atomic mass is 10.2. The molecule has 0 bridgehead atoms. The van der Waals surface area contributed by atoms with Crippen molar-refractivity contribution in [1.82, 2.24) is 10.7 Å². The van der Waals surface area contributed by atoms with Gasteiger partial charge in [0, 0.05) is 11.8 Å². The van der Waals surface area contributed by atoms with E-state index in [2.05, 4.69) is 15.8 Å². The zero-order valence-electron chi connectivity index (χ0n) is 12.5. The number of hydrogen-bond donors (Lipinski definition) is 3. The quantitative estimate of drug-likeness (QED) is 0.551. The van der Waals surface area contributed by atoms with Gasteiger partial charge in [0.25, 0.3) is 5.91 Å². The number of nitrogens with one attached hydrogen (secondary N) is 2. The highest BCUT2D eigenvalue weighted by Crippen LogP contribution is 2.14. The van der Waals surface area contributed by atoms with Gasteiger partial charge in [0.2, 0.25) is 5.91 Å². The second-order valence-electron chi connectivity index (χ2n) is 4.86. The van der Waals surface area contributed by atoms with Crippen molar-refractivity contribution in [2.24, 2.45) is 5.10 Å². The number of phenolic OH excluding ortho intramolecular Hbond substituents is 1. The number of para-hydroxylation sites is 1. The van der Waals surface area contributed by atoms with Crippen LogP contribution in [-0.4, -0.2) is 28.7 Å². The van der Waals surface area contributed by atoms with E-state index in [0.29, 0.717) is 5.71 Å². The maximum atomic E-state index is 11.8. The van der Waals surface area contributed by atoms with Crippen LogP contribution in [0, 0.1) is 0 Å². The molecule has 0 saturated carbocycles. The molecule has 1 atom stereocenters. The number of amides is 2. The van der Waals surface area contributed by atoms with Gasteiger partial charge in [0.1, 0.15) is 5.75 Å². The highest BCUT2D eigenvalue weighted by Gasteiger charge is 2.10. The van der Waals surface area contributed by atoms with E-state index in [1.807, 2.05) is 13.8 Å². The molecular weight excluding hydrogens is 270 g/mol. The maximum Gasteiger partial charge on any atom is 0.275 e. The molecule has 114 valence electrons. The first kappa shape index (κ1) is 16.7. The number of aromatic hydroxyl groups is 1. The summed E-state index contributed by atoms with van der Waals surface area (Å²) in [5, 5.41) is 16.2. The Balaban J connectivity index is 2.54. The van der Waals surface area contributed by atoms with Crippen LogP contribution in [0.2, 0.25) is 0 Å². The zero-order chi connectivity index (χ0) is 15.8. The van der Waals surface area contributed by atoms with Crippen molar-refractivity contribution in [2.75, 3.05) is 0 Å². The Hall–Kier alpha value is -2.37. The van der Waals surface area contributed by atoms with Gasteiger partial charge in [-0.1, -0.05) is 19.1 Å². The summed E-state index contributed by atoms with van der Waals surface area (Å²) in [6, 6.07) is 6.29. The van der Waals surface area contributed by atoms with Crippen molar-refractivity contribution in [3.8, 4) is 5.75 Å². The summed E-state index contributed by atoms with van der Waals surface area (Å²) < 4.78 is 0. The van der Waals surface area contributed by atoms with Crippen LogP contribution in [-0.2, 0) is 4.79 Å². The summed E-state index contributed by atoms with van der Waals surface area (Å²) in [6.45, 7) is 5.56. The Bertz CT molecular complexity index is 541. The minimum absolute atomic E-state index is 0.112. The summed E-state index contributed by atoms with van der Waals surface area (Å²) in [5.41, 5.74) is 2.94. The van der Waals surface area contributed by atoms with E-state index in [1.54, 1.807) is 19.1 Å². The molecular formula is C15H21N3O3. The zero-order valence-corrected chi connectivity index (χ0v) is 12.5. The van der Waals surface area contributed by atoms with E-state index < -0.39 is 5.91 Å². The molecule has 1 aromatic rings. The number of benzene rings is 1. The standard InChI is InChI=1S/C15H21N3O3/c1-4-10(2)16-14(20)9-11(3)17-18-15(21)12-7-5-6-8-13(12)19/h5-8,10,19H,4,9H2,1-3H3,(H,16,20)(H,18,21)/t10-/m0/s1. The first-order valence-electron chi connectivity index (χ1n) is 6.84. The summed E-state index contributed by atoms with van der Waals surface area (Å²) in [5.74, 6) is -0.769. The molecule has 3 N–H and O–H groups in total. The Morgan fingerprint density at radius 2 is 2.00 bits per heavy atom. The van der Waals surface area contributed by atoms with Crippen LogP contribution in [0.1, 0.15) is 44.0 Å². The van der Waals surface area contributed by atoms with Crippen molar-refractivity contribution in [1.29, 1.82) is 0 Å². The fourth-order valence-corrected chi connectivity index (χ4v) is 1.57. The summed E-state index contributed by atoms with van der Waals surface area (Å²) in [7, 11) is 0. The number of nitrogens with zero attached hydrogens (tertiary/aromatic N) is 1. The van der Waals surface area contributed by atoms with E-state index in [-0.39, 0.29) is 29.7 Å². The second kappa shape index (κ2) is 8.04. The third-order valence-corrected chi connectivity index (χ3v) is 2.93. The topological polar surface area (TPSA) is 90.8 Å². The second-order valence-corrected chi connectivity index (χ2v) is 4.86. The predicted molar refractivity (Wildman–Crippen MR) is 81.2 cm³/mol. The average molecular weight is 291 g/mol. The highest BCUT2D eigenvalue weighted by molar-refractivity contribution is 6.01. The normalized spacial score (nSPS) is 12.6. The van der Waals surface area contributed by atoms with E-state index in [9.17, 15) is 14.7 Å². The maximum absolute atomic E-state index is 11.8. The van der Waals surface area contributed by atoms with Crippen molar-refractivity contribution in [2.45, 2.75) is 39.7 Å². The third kappa shape index (κ3) is 5.64. The van der Waals surface area contributed by atoms with Gasteiger partial charge in [-0.3, -0.25) is 9.59 Å². The molecule has 0 aliphatic rings. The lowest BCUT2D eigenvalue weighted by molar-refractivity contribution is -0.120.